The Labute approximate surface area is 95.6 Å². The second-order valence-corrected chi connectivity index (χ2v) is 3.61. The van der Waals surface area contributed by atoms with Gasteiger partial charge in [-0.3, -0.25) is 4.79 Å². The van der Waals surface area contributed by atoms with E-state index in [0.29, 0.717) is 24.5 Å². The van der Waals surface area contributed by atoms with Gasteiger partial charge in [-0.2, -0.15) is 0 Å². The van der Waals surface area contributed by atoms with Crippen molar-refractivity contribution in [3.8, 4) is 5.88 Å². The zero-order chi connectivity index (χ0) is 12.0. The van der Waals surface area contributed by atoms with Gasteiger partial charge in [0.25, 0.3) is 0 Å². The lowest BCUT2D eigenvalue weighted by Gasteiger charge is -2.11. The number of hydrogen-bond donors (Lipinski definition) is 0. The fourth-order valence-electron chi connectivity index (χ4n) is 1.43. The third-order valence-corrected chi connectivity index (χ3v) is 2.43. The highest BCUT2D eigenvalue weighted by Gasteiger charge is 2.19. The highest BCUT2D eigenvalue weighted by atomic mass is 16.5. The SMILES string of the molecule is COCCC(C)C(=O)c1cccnc1OC. The van der Waals surface area contributed by atoms with Crippen LogP contribution in [0.3, 0.4) is 0 Å². The van der Waals surface area contributed by atoms with Gasteiger partial charge in [-0.25, -0.2) is 4.98 Å². The van der Waals surface area contributed by atoms with Gasteiger partial charge < -0.3 is 9.47 Å². The van der Waals surface area contributed by atoms with Crippen LogP contribution in [0, 0.1) is 5.92 Å². The summed E-state index contributed by atoms with van der Waals surface area (Å²) in [5, 5.41) is 0. The number of Topliss-reactive ketones (excluding diaryl/α,β-unsaturated/α-hetero) is 1. The first-order chi connectivity index (χ1) is 7.70. The predicted octanol–water partition coefficient (Wildman–Crippen LogP) is 1.95. The van der Waals surface area contributed by atoms with E-state index in [1.165, 1.54) is 7.11 Å². The highest BCUT2D eigenvalue weighted by Crippen LogP contribution is 2.19. The van der Waals surface area contributed by atoms with Crippen molar-refractivity contribution in [1.82, 2.24) is 4.98 Å². The molecule has 0 bridgehead atoms. The number of pyridine rings is 1. The van der Waals surface area contributed by atoms with Crippen LogP contribution in [0.15, 0.2) is 18.3 Å². The largest absolute Gasteiger partial charge is 0.480 e. The fourth-order valence-corrected chi connectivity index (χ4v) is 1.43. The second kappa shape index (κ2) is 6.23. The molecule has 16 heavy (non-hydrogen) atoms. The Bertz CT molecular complexity index is 352. The third-order valence-electron chi connectivity index (χ3n) is 2.43. The van der Waals surface area contributed by atoms with Crippen molar-refractivity contribution in [2.45, 2.75) is 13.3 Å². The summed E-state index contributed by atoms with van der Waals surface area (Å²) < 4.78 is 10.0. The lowest BCUT2D eigenvalue weighted by Crippen LogP contribution is -2.14. The van der Waals surface area contributed by atoms with Gasteiger partial charge in [-0.15, -0.1) is 0 Å². The first kappa shape index (κ1) is 12.6. The van der Waals surface area contributed by atoms with E-state index in [-0.39, 0.29) is 11.7 Å². The van der Waals surface area contributed by atoms with Gasteiger partial charge >= 0.3 is 0 Å². The maximum atomic E-state index is 12.1. The first-order valence-electron chi connectivity index (χ1n) is 5.22. The number of ketones is 1. The van der Waals surface area contributed by atoms with E-state index in [1.807, 2.05) is 6.92 Å². The molecule has 1 aromatic rings. The number of hydrogen-bond acceptors (Lipinski definition) is 4. The van der Waals surface area contributed by atoms with Crippen LogP contribution in [0.4, 0.5) is 0 Å². The maximum Gasteiger partial charge on any atom is 0.224 e. The van der Waals surface area contributed by atoms with Gasteiger partial charge in [0, 0.05) is 25.8 Å². The van der Waals surface area contributed by atoms with Gasteiger partial charge in [-0.1, -0.05) is 6.92 Å². The smallest absolute Gasteiger partial charge is 0.224 e. The van der Waals surface area contributed by atoms with Crippen LogP contribution in [0.25, 0.3) is 0 Å². The molecule has 4 heteroatoms. The standard InChI is InChI=1S/C12H17NO3/c1-9(6-8-15-2)11(14)10-5-4-7-13-12(10)16-3/h4-5,7,9H,6,8H2,1-3H3. The Morgan fingerprint density at radius 1 is 1.50 bits per heavy atom. The molecule has 0 saturated heterocycles. The molecule has 0 aliphatic heterocycles. The molecule has 1 heterocycles. The molecule has 0 radical (unpaired) electrons. The summed E-state index contributed by atoms with van der Waals surface area (Å²) in [4.78, 5) is 16.1. The van der Waals surface area contributed by atoms with Crippen LogP contribution >= 0.6 is 0 Å². The molecule has 0 amide bonds. The van der Waals surface area contributed by atoms with Crippen LogP contribution in [-0.2, 0) is 4.74 Å². The van der Waals surface area contributed by atoms with Crippen molar-refractivity contribution in [3.63, 3.8) is 0 Å². The van der Waals surface area contributed by atoms with Gasteiger partial charge in [0.2, 0.25) is 5.88 Å². The zero-order valence-electron chi connectivity index (χ0n) is 9.90. The molecule has 88 valence electrons. The van der Waals surface area contributed by atoms with Crippen LogP contribution < -0.4 is 4.74 Å². The summed E-state index contributed by atoms with van der Waals surface area (Å²) in [7, 11) is 3.14. The van der Waals surface area contributed by atoms with E-state index in [2.05, 4.69) is 4.98 Å². The number of ether oxygens (including phenoxy) is 2. The molecule has 0 aliphatic rings. The number of methoxy groups -OCH3 is 2. The molecule has 1 atom stereocenters. The first-order valence-corrected chi connectivity index (χ1v) is 5.22. The van der Waals surface area contributed by atoms with Gasteiger partial charge in [0.15, 0.2) is 5.78 Å². The fraction of sp³-hybridized carbons (Fsp3) is 0.500. The number of carbonyl (C=O) groups is 1. The van der Waals surface area contributed by atoms with E-state index in [1.54, 1.807) is 25.4 Å². The minimum absolute atomic E-state index is 0.0435. The molecule has 1 aromatic heterocycles. The third kappa shape index (κ3) is 3.03. The monoisotopic (exact) mass is 223 g/mol. The van der Waals surface area contributed by atoms with Crippen molar-refractivity contribution < 1.29 is 14.3 Å². The molecule has 0 aromatic carbocycles. The molecule has 1 rings (SSSR count). The van der Waals surface area contributed by atoms with E-state index in [0.717, 1.165) is 0 Å². The summed E-state index contributed by atoms with van der Waals surface area (Å²) >= 11 is 0. The number of rotatable bonds is 6. The average molecular weight is 223 g/mol. The summed E-state index contributed by atoms with van der Waals surface area (Å²) in [5.74, 6) is 0.344. The van der Waals surface area contributed by atoms with E-state index in [4.69, 9.17) is 9.47 Å². The number of aromatic nitrogens is 1. The summed E-state index contributed by atoms with van der Waals surface area (Å²) in [5.41, 5.74) is 0.536. The molecule has 0 N–H and O–H groups in total. The minimum atomic E-state index is -0.0851. The molecule has 0 fully saturated rings. The van der Waals surface area contributed by atoms with Gasteiger partial charge in [0.1, 0.15) is 0 Å². The summed E-state index contributed by atoms with van der Waals surface area (Å²) in [6, 6.07) is 3.47. The Balaban J connectivity index is 2.79. The zero-order valence-corrected chi connectivity index (χ0v) is 9.90. The van der Waals surface area contributed by atoms with Gasteiger partial charge in [0.05, 0.1) is 12.7 Å². The number of carbonyl (C=O) groups excluding carboxylic acids is 1. The van der Waals surface area contributed by atoms with Crippen LogP contribution in [0.1, 0.15) is 23.7 Å². The highest BCUT2D eigenvalue weighted by molar-refractivity contribution is 5.99. The van der Waals surface area contributed by atoms with Crippen LogP contribution in [-0.4, -0.2) is 31.6 Å². The Hall–Kier alpha value is -1.42. The van der Waals surface area contributed by atoms with Crippen molar-refractivity contribution in [3.05, 3.63) is 23.9 Å². The molecule has 4 nitrogen and oxygen atoms in total. The Morgan fingerprint density at radius 3 is 2.88 bits per heavy atom. The molecular formula is C12H17NO3. The van der Waals surface area contributed by atoms with E-state index < -0.39 is 0 Å². The minimum Gasteiger partial charge on any atom is -0.480 e. The normalized spacial score (nSPS) is 12.2. The van der Waals surface area contributed by atoms with Crippen molar-refractivity contribution in [2.75, 3.05) is 20.8 Å². The predicted molar refractivity (Wildman–Crippen MR) is 60.8 cm³/mol. The summed E-state index contributed by atoms with van der Waals surface area (Å²) in [6.45, 7) is 2.46. The van der Waals surface area contributed by atoms with Crippen molar-refractivity contribution in [2.24, 2.45) is 5.92 Å². The Morgan fingerprint density at radius 2 is 2.25 bits per heavy atom. The molecule has 0 spiro atoms. The maximum absolute atomic E-state index is 12.1. The van der Waals surface area contributed by atoms with E-state index in [9.17, 15) is 4.79 Å². The lowest BCUT2D eigenvalue weighted by atomic mass is 9.97. The van der Waals surface area contributed by atoms with Crippen molar-refractivity contribution in [1.29, 1.82) is 0 Å². The molecule has 0 aliphatic carbocycles. The van der Waals surface area contributed by atoms with E-state index >= 15 is 0 Å². The molecule has 0 saturated carbocycles. The second-order valence-electron chi connectivity index (χ2n) is 3.61. The topological polar surface area (TPSA) is 48.4 Å². The Kier molecular flexibility index (Phi) is 4.92. The summed E-state index contributed by atoms with van der Waals surface area (Å²) in [6.07, 6.45) is 2.31. The quantitative estimate of drug-likeness (QED) is 0.691. The van der Waals surface area contributed by atoms with Crippen LogP contribution in [0.2, 0.25) is 0 Å². The molecular weight excluding hydrogens is 206 g/mol. The lowest BCUT2D eigenvalue weighted by molar-refractivity contribution is 0.0890. The van der Waals surface area contributed by atoms with Gasteiger partial charge in [-0.05, 0) is 18.6 Å². The van der Waals surface area contributed by atoms with Crippen molar-refractivity contribution >= 4 is 5.78 Å². The average Bonchev–Trinajstić information content (AvgIpc) is 2.34. The molecule has 1 unspecified atom stereocenters. The van der Waals surface area contributed by atoms with Crippen LogP contribution in [0.5, 0.6) is 5.88 Å². The number of nitrogens with zero attached hydrogens (tertiary/aromatic N) is 1.